The first kappa shape index (κ1) is 13.4. The van der Waals surface area contributed by atoms with E-state index in [1.807, 2.05) is 38.1 Å². The van der Waals surface area contributed by atoms with Crippen molar-refractivity contribution in [3.8, 4) is 0 Å². The van der Waals surface area contributed by atoms with Crippen LogP contribution in [-0.4, -0.2) is 13.2 Å². The van der Waals surface area contributed by atoms with Gasteiger partial charge in [-0.05, 0) is 31.9 Å². The van der Waals surface area contributed by atoms with Crippen molar-refractivity contribution in [1.29, 1.82) is 0 Å². The van der Waals surface area contributed by atoms with Crippen LogP contribution in [0.15, 0.2) is 24.3 Å². The van der Waals surface area contributed by atoms with Gasteiger partial charge in [-0.2, -0.15) is 0 Å². The summed E-state index contributed by atoms with van der Waals surface area (Å²) in [4.78, 5) is 0. The fraction of sp³-hybridized carbons (Fsp3) is 0.417. The van der Waals surface area contributed by atoms with Crippen LogP contribution < -0.4 is 0 Å². The summed E-state index contributed by atoms with van der Waals surface area (Å²) in [5.74, 6) is 0. The van der Waals surface area contributed by atoms with Crippen LogP contribution in [0.3, 0.4) is 0 Å². The molecule has 1 aromatic carbocycles. The van der Waals surface area contributed by atoms with Crippen LogP contribution in [-0.2, 0) is 19.8 Å². The molecule has 3 nitrogen and oxygen atoms in total. The molecule has 0 aliphatic rings. The van der Waals surface area contributed by atoms with Gasteiger partial charge in [0.1, 0.15) is 0 Å². The Labute approximate surface area is 97.3 Å². The molecule has 4 heteroatoms. The van der Waals surface area contributed by atoms with Crippen molar-refractivity contribution in [2.45, 2.75) is 20.0 Å². The van der Waals surface area contributed by atoms with Crippen LogP contribution in [0.1, 0.15) is 25.0 Å². The molecular formula is C12H18O3P. The fourth-order valence-corrected chi connectivity index (χ4v) is 3.21. The van der Waals surface area contributed by atoms with Crippen LogP contribution in [0.5, 0.6) is 0 Å². The molecule has 0 atom stereocenters. The van der Waals surface area contributed by atoms with Crippen LogP contribution in [0.4, 0.5) is 0 Å². The van der Waals surface area contributed by atoms with Crippen LogP contribution >= 0.6 is 7.60 Å². The Balaban J connectivity index is 2.83. The molecule has 16 heavy (non-hydrogen) atoms. The van der Waals surface area contributed by atoms with Crippen LogP contribution in [0.2, 0.25) is 0 Å². The van der Waals surface area contributed by atoms with Gasteiger partial charge in [-0.1, -0.05) is 24.3 Å². The third-order valence-corrected chi connectivity index (χ3v) is 4.17. The normalized spacial score (nSPS) is 11.7. The highest BCUT2D eigenvalue weighted by molar-refractivity contribution is 7.53. The van der Waals surface area contributed by atoms with E-state index in [1.165, 1.54) is 0 Å². The molecule has 0 unspecified atom stereocenters. The van der Waals surface area contributed by atoms with E-state index in [0.717, 1.165) is 11.1 Å². The average molecular weight is 241 g/mol. The minimum atomic E-state index is -3.01. The molecule has 0 amide bonds. The first-order valence-electron chi connectivity index (χ1n) is 5.39. The standard InChI is InChI=1S/C12H18O3P/c1-4-14-16(13,15-5-2)10-12-9-7-6-8-11(12)3/h6-9H,3-5,10H2,1-2H3. The highest BCUT2D eigenvalue weighted by atomic mass is 31.2. The van der Waals surface area contributed by atoms with Crippen molar-refractivity contribution in [3.05, 3.63) is 42.3 Å². The molecule has 0 heterocycles. The van der Waals surface area contributed by atoms with Gasteiger partial charge in [-0.3, -0.25) is 4.57 Å². The fourth-order valence-electron chi connectivity index (χ4n) is 1.44. The summed E-state index contributed by atoms with van der Waals surface area (Å²) in [5, 5.41) is 0. The van der Waals surface area contributed by atoms with Crippen molar-refractivity contribution in [1.82, 2.24) is 0 Å². The molecule has 0 N–H and O–H groups in total. The van der Waals surface area contributed by atoms with E-state index in [1.54, 1.807) is 0 Å². The molecule has 1 rings (SSSR count). The predicted molar refractivity (Wildman–Crippen MR) is 65.5 cm³/mol. The predicted octanol–water partition coefficient (Wildman–Crippen LogP) is 3.63. The second kappa shape index (κ2) is 6.19. The van der Waals surface area contributed by atoms with Gasteiger partial charge in [0.15, 0.2) is 0 Å². The Morgan fingerprint density at radius 2 is 1.75 bits per heavy atom. The Hall–Kier alpha value is -0.630. The maximum atomic E-state index is 12.3. The maximum Gasteiger partial charge on any atom is 0.335 e. The van der Waals surface area contributed by atoms with Crippen molar-refractivity contribution < 1.29 is 13.6 Å². The van der Waals surface area contributed by atoms with E-state index >= 15 is 0 Å². The van der Waals surface area contributed by atoms with Gasteiger partial charge >= 0.3 is 7.60 Å². The quantitative estimate of drug-likeness (QED) is 0.713. The van der Waals surface area contributed by atoms with Crippen LogP contribution in [0, 0.1) is 6.92 Å². The van der Waals surface area contributed by atoms with E-state index in [2.05, 4.69) is 6.92 Å². The largest absolute Gasteiger partial charge is 0.335 e. The van der Waals surface area contributed by atoms with Crippen molar-refractivity contribution in [2.24, 2.45) is 0 Å². The molecule has 0 aromatic heterocycles. The third-order valence-electron chi connectivity index (χ3n) is 2.13. The van der Waals surface area contributed by atoms with E-state index < -0.39 is 7.60 Å². The van der Waals surface area contributed by atoms with Gasteiger partial charge in [0, 0.05) is 0 Å². The lowest BCUT2D eigenvalue weighted by molar-refractivity contribution is 0.219. The molecule has 89 valence electrons. The molecular weight excluding hydrogens is 223 g/mol. The Morgan fingerprint density at radius 1 is 1.19 bits per heavy atom. The zero-order valence-corrected chi connectivity index (χ0v) is 10.7. The molecule has 0 fully saturated rings. The van der Waals surface area contributed by atoms with Crippen molar-refractivity contribution >= 4 is 7.60 Å². The van der Waals surface area contributed by atoms with E-state index in [-0.39, 0.29) is 6.16 Å². The molecule has 0 spiro atoms. The van der Waals surface area contributed by atoms with E-state index in [9.17, 15) is 4.57 Å². The van der Waals surface area contributed by atoms with Crippen molar-refractivity contribution in [2.75, 3.05) is 13.2 Å². The summed E-state index contributed by atoms with van der Waals surface area (Å²) in [6.45, 7) is 8.28. The monoisotopic (exact) mass is 241 g/mol. The lowest BCUT2D eigenvalue weighted by Gasteiger charge is -2.17. The first-order valence-corrected chi connectivity index (χ1v) is 7.12. The van der Waals surface area contributed by atoms with E-state index in [0.29, 0.717) is 13.2 Å². The first-order chi connectivity index (χ1) is 7.61. The van der Waals surface area contributed by atoms with Gasteiger partial charge < -0.3 is 9.05 Å². The van der Waals surface area contributed by atoms with Gasteiger partial charge in [-0.15, -0.1) is 0 Å². The topological polar surface area (TPSA) is 35.5 Å². The van der Waals surface area contributed by atoms with Gasteiger partial charge in [-0.25, -0.2) is 0 Å². The highest BCUT2D eigenvalue weighted by Crippen LogP contribution is 2.51. The molecule has 0 saturated heterocycles. The summed E-state index contributed by atoms with van der Waals surface area (Å²) >= 11 is 0. The SMILES string of the molecule is [CH2]c1ccccc1CP(=O)(OCC)OCC. The zero-order valence-electron chi connectivity index (χ0n) is 9.81. The third kappa shape index (κ3) is 3.75. The second-order valence-electron chi connectivity index (χ2n) is 3.37. The summed E-state index contributed by atoms with van der Waals surface area (Å²) < 4.78 is 22.7. The minimum absolute atomic E-state index is 0.286. The molecule has 1 aromatic rings. The van der Waals surface area contributed by atoms with Gasteiger partial charge in [0.25, 0.3) is 0 Å². The summed E-state index contributed by atoms with van der Waals surface area (Å²) in [6.07, 6.45) is 0.286. The number of hydrogen-bond donors (Lipinski definition) is 0. The zero-order chi connectivity index (χ0) is 12.0. The summed E-state index contributed by atoms with van der Waals surface area (Å²) in [5.41, 5.74) is 1.77. The Bertz CT molecular complexity index is 366. The smallest absolute Gasteiger partial charge is 0.309 e. The lowest BCUT2D eigenvalue weighted by atomic mass is 10.1. The molecule has 0 bridgehead atoms. The Morgan fingerprint density at radius 3 is 2.25 bits per heavy atom. The van der Waals surface area contributed by atoms with Gasteiger partial charge in [0.05, 0.1) is 19.4 Å². The maximum absolute atomic E-state index is 12.3. The minimum Gasteiger partial charge on any atom is -0.309 e. The summed E-state index contributed by atoms with van der Waals surface area (Å²) in [7, 11) is -3.01. The molecule has 0 aliphatic heterocycles. The van der Waals surface area contributed by atoms with Gasteiger partial charge in [0.2, 0.25) is 0 Å². The molecule has 0 saturated carbocycles. The molecule has 1 radical (unpaired) electrons. The molecule has 0 aliphatic carbocycles. The summed E-state index contributed by atoms with van der Waals surface area (Å²) in [6, 6.07) is 7.58. The second-order valence-corrected chi connectivity index (χ2v) is 5.43. The highest BCUT2D eigenvalue weighted by Gasteiger charge is 2.24. The number of hydrogen-bond acceptors (Lipinski definition) is 3. The average Bonchev–Trinajstić information content (AvgIpc) is 2.22. The Kier molecular flexibility index (Phi) is 5.20. The number of benzene rings is 1. The van der Waals surface area contributed by atoms with Crippen molar-refractivity contribution in [3.63, 3.8) is 0 Å². The van der Waals surface area contributed by atoms with Crippen LogP contribution in [0.25, 0.3) is 0 Å². The van der Waals surface area contributed by atoms with E-state index in [4.69, 9.17) is 9.05 Å². The number of rotatable bonds is 6. The lowest BCUT2D eigenvalue weighted by Crippen LogP contribution is -2.00.